The molecule has 19 heavy (non-hydrogen) atoms. The summed E-state index contributed by atoms with van der Waals surface area (Å²) in [5.41, 5.74) is 7.67. The zero-order valence-electron chi connectivity index (χ0n) is 11.1. The molecule has 0 aliphatic heterocycles. The molecule has 98 valence electrons. The van der Waals surface area contributed by atoms with Crippen molar-refractivity contribution < 1.29 is 4.79 Å². The standard InChI is InChI=1S/C15H17N3O/c1-15(2,16)14(19)18-13-7-5-11(6-8-13)12-4-3-9-17-10-12/h3-10H,16H2,1-2H3,(H,18,19). The highest BCUT2D eigenvalue weighted by atomic mass is 16.2. The van der Waals surface area contributed by atoms with E-state index in [9.17, 15) is 4.79 Å². The zero-order chi connectivity index (χ0) is 13.9. The number of pyridine rings is 1. The highest BCUT2D eigenvalue weighted by Gasteiger charge is 2.21. The fourth-order valence-electron chi connectivity index (χ4n) is 1.57. The van der Waals surface area contributed by atoms with E-state index in [1.807, 2.05) is 36.4 Å². The minimum Gasteiger partial charge on any atom is -0.325 e. The second kappa shape index (κ2) is 5.20. The van der Waals surface area contributed by atoms with E-state index in [2.05, 4.69) is 10.3 Å². The summed E-state index contributed by atoms with van der Waals surface area (Å²) in [4.78, 5) is 15.8. The van der Waals surface area contributed by atoms with Crippen molar-refractivity contribution in [3.63, 3.8) is 0 Å². The lowest BCUT2D eigenvalue weighted by Crippen LogP contribution is -2.45. The average molecular weight is 255 g/mol. The topological polar surface area (TPSA) is 68.0 Å². The molecular formula is C15H17N3O. The lowest BCUT2D eigenvalue weighted by atomic mass is 10.1. The molecule has 1 heterocycles. The van der Waals surface area contributed by atoms with Crippen LogP contribution in [-0.4, -0.2) is 16.4 Å². The molecule has 0 fully saturated rings. The summed E-state index contributed by atoms with van der Waals surface area (Å²) >= 11 is 0. The predicted octanol–water partition coefficient (Wildman–Crippen LogP) is 2.42. The number of amides is 1. The molecule has 2 rings (SSSR count). The first-order valence-electron chi connectivity index (χ1n) is 6.07. The number of aromatic nitrogens is 1. The van der Waals surface area contributed by atoms with Crippen molar-refractivity contribution in [1.29, 1.82) is 0 Å². The number of nitrogens with zero attached hydrogens (tertiary/aromatic N) is 1. The van der Waals surface area contributed by atoms with Gasteiger partial charge in [0, 0.05) is 18.1 Å². The zero-order valence-corrected chi connectivity index (χ0v) is 11.1. The maximum atomic E-state index is 11.7. The van der Waals surface area contributed by atoms with Crippen molar-refractivity contribution in [3.05, 3.63) is 48.8 Å². The molecule has 0 saturated heterocycles. The molecule has 2 aromatic rings. The van der Waals surface area contributed by atoms with E-state index in [0.29, 0.717) is 0 Å². The van der Waals surface area contributed by atoms with E-state index in [1.54, 1.807) is 26.2 Å². The third kappa shape index (κ3) is 3.39. The number of nitrogens with one attached hydrogen (secondary N) is 1. The van der Waals surface area contributed by atoms with E-state index in [1.165, 1.54) is 0 Å². The molecular weight excluding hydrogens is 238 g/mol. The summed E-state index contributed by atoms with van der Waals surface area (Å²) in [6.07, 6.45) is 3.54. The largest absolute Gasteiger partial charge is 0.325 e. The molecule has 1 aromatic heterocycles. The SMILES string of the molecule is CC(C)(N)C(=O)Nc1ccc(-c2cccnc2)cc1. The molecule has 0 saturated carbocycles. The second-order valence-corrected chi connectivity index (χ2v) is 4.99. The number of carbonyl (C=O) groups excluding carboxylic acids is 1. The van der Waals surface area contributed by atoms with E-state index in [-0.39, 0.29) is 5.91 Å². The molecule has 0 radical (unpaired) electrons. The van der Waals surface area contributed by atoms with Gasteiger partial charge in [-0.05, 0) is 43.2 Å². The number of rotatable bonds is 3. The molecule has 0 unspecified atom stereocenters. The number of anilines is 1. The molecule has 0 spiro atoms. The maximum Gasteiger partial charge on any atom is 0.243 e. The van der Waals surface area contributed by atoms with Gasteiger partial charge in [0.1, 0.15) is 0 Å². The normalized spacial score (nSPS) is 11.1. The van der Waals surface area contributed by atoms with Crippen LogP contribution in [0.15, 0.2) is 48.8 Å². The summed E-state index contributed by atoms with van der Waals surface area (Å²) in [6, 6.07) is 11.5. The van der Waals surface area contributed by atoms with E-state index < -0.39 is 5.54 Å². The second-order valence-electron chi connectivity index (χ2n) is 4.99. The van der Waals surface area contributed by atoms with Crippen molar-refractivity contribution in [2.75, 3.05) is 5.32 Å². The molecule has 1 aromatic carbocycles. The van der Waals surface area contributed by atoms with Crippen molar-refractivity contribution in [1.82, 2.24) is 4.98 Å². The molecule has 4 heteroatoms. The van der Waals surface area contributed by atoms with Crippen LogP contribution < -0.4 is 11.1 Å². The smallest absolute Gasteiger partial charge is 0.243 e. The minimum atomic E-state index is -0.887. The Morgan fingerprint density at radius 1 is 1.16 bits per heavy atom. The number of carbonyl (C=O) groups is 1. The van der Waals surface area contributed by atoms with Crippen LogP contribution in [0.5, 0.6) is 0 Å². The Bertz CT molecular complexity index is 556. The quantitative estimate of drug-likeness (QED) is 0.885. The Kier molecular flexibility index (Phi) is 3.62. The van der Waals surface area contributed by atoms with E-state index in [0.717, 1.165) is 16.8 Å². The number of benzene rings is 1. The van der Waals surface area contributed by atoms with Crippen LogP contribution in [0.1, 0.15) is 13.8 Å². The van der Waals surface area contributed by atoms with Crippen molar-refractivity contribution >= 4 is 11.6 Å². The Balaban J connectivity index is 2.14. The summed E-state index contributed by atoms with van der Waals surface area (Å²) in [5, 5.41) is 2.78. The minimum absolute atomic E-state index is 0.207. The molecule has 1 amide bonds. The Hall–Kier alpha value is -2.20. The summed E-state index contributed by atoms with van der Waals surface area (Å²) < 4.78 is 0. The molecule has 3 N–H and O–H groups in total. The van der Waals surface area contributed by atoms with Crippen molar-refractivity contribution in [2.45, 2.75) is 19.4 Å². The Labute approximate surface area is 112 Å². The first-order valence-corrected chi connectivity index (χ1v) is 6.07. The number of hydrogen-bond acceptors (Lipinski definition) is 3. The Morgan fingerprint density at radius 2 is 1.84 bits per heavy atom. The average Bonchev–Trinajstić information content (AvgIpc) is 2.39. The van der Waals surface area contributed by atoms with Gasteiger partial charge in [-0.25, -0.2) is 0 Å². The first kappa shape index (κ1) is 13.2. The van der Waals surface area contributed by atoms with Crippen LogP contribution in [0, 0.1) is 0 Å². The van der Waals surface area contributed by atoms with Gasteiger partial charge in [-0.2, -0.15) is 0 Å². The molecule has 0 bridgehead atoms. The van der Waals surface area contributed by atoms with Gasteiger partial charge in [0.2, 0.25) is 5.91 Å². The van der Waals surface area contributed by atoms with Gasteiger partial charge in [-0.1, -0.05) is 18.2 Å². The van der Waals surface area contributed by atoms with Gasteiger partial charge < -0.3 is 11.1 Å². The van der Waals surface area contributed by atoms with Crippen LogP contribution in [-0.2, 0) is 4.79 Å². The van der Waals surface area contributed by atoms with Crippen LogP contribution in [0.2, 0.25) is 0 Å². The van der Waals surface area contributed by atoms with Gasteiger partial charge in [0.05, 0.1) is 5.54 Å². The van der Waals surface area contributed by atoms with Crippen LogP contribution in [0.3, 0.4) is 0 Å². The van der Waals surface area contributed by atoms with Crippen LogP contribution >= 0.6 is 0 Å². The van der Waals surface area contributed by atoms with E-state index in [4.69, 9.17) is 5.73 Å². The maximum absolute atomic E-state index is 11.7. The first-order chi connectivity index (χ1) is 8.97. The van der Waals surface area contributed by atoms with Gasteiger partial charge in [0.25, 0.3) is 0 Å². The van der Waals surface area contributed by atoms with Crippen LogP contribution in [0.4, 0.5) is 5.69 Å². The number of hydrogen-bond donors (Lipinski definition) is 2. The van der Waals surface area contributed by atoms with Crippen LogP contribution in [0.25, 0.3) is 11.1 Å². The van der Waals surface area contributed by atoms with Crippen molar-refractivity contribution in [2.24, 2.45) is 5.73 Å². The third-order valence-electron chi connectivity index (χ3n) is 2.72. The third-order valence-corrected chi connectivity index (χ3v) is 2.72. The highest BCUT2D eigenvalue weighted by Crippen LogP contribution is 2.20. The fourth-order valence-corrected chi connectivity index (χ4v) is 1.57. The lowest BCUT2D eigenvalue weighted by molar-refractivity contribution is -0.120. The highest BCUT2D eigenvalue weighted by molar-refractivity contribution is 5.97. The van der Waals surface area contributed by atoms with Gasteiger partial charge in [-0.3, -0.25) is 9.78 Å². The monoisotopic (exact) mass is 255 g/mol. The molecule has 0 aliphatic rings. The molecule has 4 nitrogen and oxygen atoms in total. The summed E-state index contributed by atoms with van der Waals surface area (Å²) in [7, 11) is 0. The van der Waals surface area contributed by atoms with E-state index >= 15 is 0 Å². The predicted molar refractivity (Wildman–Crippen MR) is 76.6 cm³/mol. The lowest BCUT2D eigenvalue weighted by Gasteiger charge is -2.17. The summed E-state index contributed by atoms with van der Waals surface area (Å²) in [6.45, 7) is 3.35. The fraction of sp³-hybridized carbons (Fsp3) is 0.200. The van der Waals surface area contributed by atoms with Gasteiger partial charge in [0.15, 0.2) is 0 Å². The molecule has 0 aliphatic carbocycles. The summed E-state index contributed by atoms with van der Waals surface area (Å²) in [5.74, 6) is -0.207. The van der Waals surface area contributed by atoms with Crippen molar-refractivity contribution in [3.8, 4) is 11.1 Å². The van der Waals surface area contributed by atoms with Gasteiger partial charge >= 0.3 is 0 Å². The number of nitrogens with two attached hydrogens (primary N) is 1. The molecule has 0 atom stereocenters. The van der Waals surface area contributed by atoms with Gasteiger partial charge in [-0.15, -0.1) is 0 Å². The Morgan fingerprint density at radius 3 is 2.37 bits per heavy atom.